The zero-order valence-electron chi connectivity index (χ0n) is 28.6. The van der Waals surface area contributed by atoms with Crippen LogP contribution in [0.3, 0.4) is 0 Å². The molecule has 0 atom stereocenters. The van der Waals surface area contributed by atoms with Gasteiger partial charge in [0.1, 0.15) is 23.0 Å². The third-order valence-electron chi connectivity index (χ3n) is 5.89. The molecule has 0 aliphatic carbocycles. The number of nitrogens with zero attached hydrogens (tertiary/aromatic N) is 3. The summed E-state index contributed by atoms with van der Waals surface area (Å²) in [6.07, 6.45) is 2.80. The van der Waals surface area contributed by atoms with Crippen LogP contribution >= 0.6 is 11.6 Å². The second-order valence-corrected chi connectivity index (χ2v) is 14.1. The average molecular weight is 656 g/mol. The molecule has 0 radical (unpaired) electrons. The van der Waals surface area contributed by atoms with Crippen LogP contribution in [0.5, 0.6) is 0 Å². The maximum absolute atomic E-state index is 13.0. The summed E-state index contributed by atoms with van der Waals surface area (Å²) in [6, 6.07) is 3.15. The molecule has 0 unspecified atom stereocenters. The lowest BCUT2D eigenvalue weighted by Crippen LogP contribution is -2.40. The Balaban J connectivity index is 2.69. The third-order valence-corrected chi connectivity index (χ3v) is 6.12. The standard InChI is InChI=1S/C32H54ClN5O7/c1-30(2,3)43-23-26(39)37(20-12-16-34-27(40)24-14-15-25(33)36-22-24)18-10-11-19-38(29(42)45-32(7,8)9)21-13-17-35-28(41)44-31(4,5)6/h14-15,22H,10-13,16-21,23H2,1-9H3,(H,34,40)(H,35,41). The van der Waals surface area contributed by atoms with Crippen LogP contribution in [0, 0.1) is 0 Å². The molecule has 1 rings (SSSR count). The van der Waals surface area contributed by atoms with Gasteiger partial charge in [-0.05, 0) is 100 Å². The molecule has 1 heterocycles. The van der Waals surface area contributed by atoms with Gasteiger partial charge in [-0.15, -0.1) is 0 Å². The number of pyridine rings is 1. The summed E-state index contributed by atoms with van der Waals surface area (Å²) in [6.45, 7) is 18.8. The molecular weight excluding hydrogens is 602 g/mol. The minimum Gasteiger partial charge on any atom is -0.444 e. The lowest BCUT2D eigenvalue weighted by Gasteiger charge is -2.28. The molecule has 4 amide bonds. The highest BCUT2D eigenvalue weighted by molar-refractivity contribution is 6.29. The summed E-state index contributed by atoms with van der Waals surface area (Å²) in [5.74, 6) is -0.410. The number of hydrogen-bond donors (Lipinski definition) is 2. The van der Waals surface area contributed by atoms with E-state index >= 15 is 0 Å². The van der Waals surface area contributed by atoms with E-state index in [2.05, 4.69) is 15.6 Å². The fourth-order valence-corrected chi connectivity index (χ4v) is 3.93. The van der Waals surface area contributed by atoms with Gasteiger partial charge in [0.25, 0.3) is 5.91 Å². The number of hydrogen-bond acceptors (Lipinski definition) is 8. The van der Waals surface area contributed by atoms with Gasteiger partial charge in [-0.3, -0.25) is 9.59 Å². The molecule has 1 aromatic heterocycles. The Labute approximate surface area is 273 Å². The second-order valence-electron chi connectivity index (χ2n) is 13.7. The molecule has 13 heteroatoms. The van der Waals surface area contributed by atoms with Crippen LogP contribution in [-0.2, 0) is 19.0 Å². The molecule has 12 nitrogen and oxygen atoms in total. The Bertz CT molecular complexity index is 1080. The summed E-state index contributed by atoms with van der Waals surface area (Å²) in [5.41, 5.74) is -1.31. The smallest absolute Gasteiger partial charge is 0.410 e. The van der Waals surface area contributed by atoms with Gasteiger partial charge in [0.15, 0.2) is 0 Å². The van der Waals surface area contributed by atoms with E-state index in [9.17, 15) is 19.2 Å². The van der Waals surface area contributed by atoms with E-state index < -0.39 is 29.0 Å². The van der Waals surface area contributed by atoms with Gasteiger partial charge >= 0.3 is 12.2 Å². The van der Waals surface area contributed by atoms with Crippen LogP contribution in [0.15, 0.2) is 18.3 Å². The number of carbonyl (C=O) groups excluding carboxylic acids is 4. The summed E-state index contributed by atoms with van der Waals surface area (Å²) >= 11 is 5.79. The van der Waals surface area contributed by atoms with Crippen molar-refractivity contribution in [2.24, 2.45) is 0 Å². The molecule has 2 N–H and O–H groups in total. The fourth-order valence-electron chi connectivity index (χ4n) is 3.82. The first-order valence-corrected chi connectivity index (χ1v) is 15.9. The van der Waals surface area contributed by atoms with Crippen LogP contribution in [0.1, 0.15) is 98.4 Å². The van der Waals surface area contributed by atoms with E-state index in [1.54, 1.807) is 42.7 Å². The number of ether oxygens (including phenoxy) is 3. The summed E-state index contributed by atoms with van der Waals surface area (Å²) < 4.78 is 16.6. The van der Waals surface area contributed by atoms with Crippen LogP contribution in [0.2, 0.25) is 5.15 Å². The Hall–Kier alpha value is -3.12. The molecule has 1 aromatic rings. The molecule has 0 saturated heterocycles. The number of carbonyl (C=O) groups is 4. The fraction of sp³-hybridized carbons (Fsp3) is 0.719. The highest BCUT2D eigenvalue weighted by atomic mass is 35.5. The molecule has 0 aliphatic rings. The number of rotatable bonds is 16. The lowest BCUT2D eigenvalue weighted by atomic mass is 10.2. The lowest BCUT2D eigenvalue weighted by molar-refractivity contribution is -0.141. The van der Waals surface area contributed by atoms with Crippen LogP contribution in [0.4, 0.5) is 9.59 Å². The number of aromatic nitrogens is 1. The van der Waals surface area contributed by atoms with E-state index in [0.717, 1.165) is 0 Å². The third kappa shape index (κ3) is 19.8. The van der Waals surface area contributed by atoms with Crippen LogP contribution in [-0.4, -0.2) is 101 Å². The molecule has 0 bridgehead atoms. The highest BCUT2D eigenvalue weighted by Gasteiger charge is 2.23. The number of unbranched alkanes of at least 4 members (excludes halogenated alkanes) is 1. The van der Waals surface area contributed by atoms with Crippen molar-refractivity contribution in [2.75, 3.05) is 45.9 Å². The molecule has 0 fully saturated rings. The van der Waals surface area contributed by atoms with Gasteiger partial charge < -0.3 is 34.6 Å². The van der Waals surface area contributed by atoms with Gasteiger partial charge in [0.2, 0.25) is 5.91 Å². The van der Waals surface area contributed by atoms with Gasteiger partial charge in [-0.2, -0.15) is 0 Å². The Kier molecular flexibility index (Phi) is 16.6. The maximum Gasteiger partial charge on any atom is 0.410 e. The van der Waals surface area contributed by atoms with Crippen molar-refractivity contribution in [1.29, 1.82) is 0 Å². The Morgan fingerprint density at radius 3 is 1.80 bits per heavy atom. The predicted octanol–water partition coefficient (Wildman–Crippen LogP) is 5.43. The minimum atomic E-state index is -0.653. The molecular formula is C32H54ClN5O7. The SMILES string of the molecule is CC(C)(C)OCC(=O)N(CCCCN(CCCNC(=O)OC(C)(C)C)C(=O)OC(C)(C)C)CCCNC(=O)c1ccc(Cl)nc1. The highest BCUT2D eigenvalue weighted by Crippen LogP contribution is 2.13. The Morgan fingerprint density at radius 1 is 0.733 bits per heavy atom. The molecule has 256 valence electrons. The minimum absolute atomic E-state index is 0.0546. The van der Waals surface area contributed by atoms with Gasteiger partial charge in [-0.1, -0.05) is 11.6 Å². The summed E-state index contributed by atoms with van der Waals surface area (Å²) in [7, 11) is 0. The van der Waals surface area contributed by atoms with E-state index in [-0.39, 0.29) is 18.4 Å². The quantitative estimate of drug-likeness (QED) is 0.178. The molecule has 0 aromatic carbocycles. The number of amides is 4. The molecule has 0 spiro atoms. The zero-order chi connectivity index (χ0) is 34.3. The largest absolute Gasteiger partial charge is 0.444 e. The first-order valence-electron chi connectivity index (χ1n) is 15.5. The number of halogens is 1. The first-order chi connectivity index (χ1) is 20.8. The van der Waals surface area contributed by atoms with Crippen molar-refractivity contribution in [1.82, 2.24) is 25.4 Å². The monoisotopic (exact) mass is 655 g/mol. The average Bonchev–Trinajstić information content (AvgIpc) is 2.89. The van der Waals surface area contributed by atoms with Crippen molar-refractivity contribution in [3.05, 3.63) is 29.0 Å². The van der Waals surface area contributed by atoms with E-state index in [1.165, 1.54) is 6.20 Å². The zero-order valence-corrected chi connectivity index (χ0v) is 29.3. The second kappa shape index (κ2) is 18.8. The van der Waals surface area contributed by atoms with Crippen molar-refractivity contribution in [2.45, 2.75) is 105 Å². The van der Waals surface area contributed by atoms with E-state index in [1.807, 2.05) is 41.5 Å². The normalized spacial score (nSPS) is 11.9. The molecule has 0 aliphatic heterocycles. The van der Waals surface area contributed by atoms with Crippen LogP contribution < -0.4 is 10.6 Å². The van der Waals surface area contributed by atoms with Crippen molar-refractivity contribution in [3.63, 3.8) is 0 Å². The van der Waals surface area contributed by atoms with E-state index in [4.69, 9.17) is 25.8 Å². The molecule has 45 heavy (non-hydrogen) atoms. The van der Waals surface area contributed by atoms with Crippen LogP contribution in [0.25, 0.3) is 0 Å². The van der Waals surface area contributed by atoms with Crippen molar-refractivity contribution < 1.29 is 33.4 Å². The summed E-state index contributed by atoms with van der Waals surface area (Å²) in [5, 5.41) is 5.86. The maximum atomic E-state index is 13.0. The molecule has 0 saturated carbocycles. The van der Waals surface area contributed by atoms with Gasteiger partial charge in [0, 0.05) is 45.5 Å². The number of alkyl carbamates (subject to hydrolysis) is 1. The van der Waals surface area contributed by atoms with Crippen molar-refractivity contribution in [3.8, 4) is 0 Å². The first kappa shape index (κ1) is 39.9. The Morgan fingerprint density at radius 2 is 1.27 bits per heavy atom. The summed E-state index contributed by atoms with van der Waals surface area (Å²) in [4.78, 5) is 57.6. The topological polar surface area (TPSA) is 139 Å². The van der Waals surface area contributed by atoms with Gasteiger partial charge in [-0.25, -0.2) is 14.6 Å². The predicted molar refractivity (Wildman–Crippen MR) is 174 cm³/mol. The number of nitrogens with one attached hydrogen (secondary N) is 2. The van der Waals surface area contributed by atoms with E-state index in [0.29, 0.717) is 75.7 Å². The van der Waals surface area contributed by atoms with Crippen molar-refractivity contribution >= 4 is 35.6 Å². The van der Waals surface area contributed by atoms with Gasteiger partial charge in [0.05, 0.1) is 11.2 Å².